The molecule has 0 saturated heterocycles. The summed E-state index contributed by atoms with van der Waals surface area (Å²) in [5.41, 5.74) is 3.35. The van der Waals surface area contributed by atoms with E-state index in [1.165, 1.54) is 60.0 Å². The van der Waals surface area contributed by atoms with Gasteiger partial charge in [-0.05, 0) is 90.9 Å². The standard InChI is InChI=1S/C50H62O3P/c1-6-10-21-40(8-3)37-52-49-36-44(39-54(46-23-15-12-16-24-46,47-25-17-13-18-26-47)48-27-19-14-20-28-48)50(53-38-41(9-4)22-11-7-2)35-43(49)32-29-42-30-33-45(51-5)34-31-42/h12-20,23-36,40-41H,6-11,21-22,37-39H2,1-5H3/q+1/b32-29+. The van der Waals surface area contributed by atoms with E-state index in [4.69, 9.17) is 14.2 Å². The lowest BCUT2D eigenvalue weighted by Crippen LogP contribution is -2.32. The highest BCUT2D eigenvalue weighted by Gasteiger charge is 2.46. The third-order valence-corrected chi connectivity index (χ3v) is 15.2. The first-order valence-corrected chi connectivity index (χ1v) is 22.3. The first-order valence-electron chi connectivity index (χ1n) is 20.3. The van der Waals surface area contributed by atoms with E-state index >= 15 is 0 Å². The highest BCUT2D eigenvalue weighted by atomic mass is 31.2. The first kappa shape index (κ1) is 40.8. The van der Waals surface area contributed by atoms with Crippen LogP contribution in [0.3, 0.4) is 0 Å². The van der Waals surface area contributed by atoms with Gasteiger partial charge in [-0.15, -0.1) is 0 Å². The zero-order valence-electron chi connectivity index (χ0n) is 33.4. The maximum Gasteiger partial charge on any atom is 0.127 e. The molecule has 0 saturated carbocycles. The monoisotopic (exact) mass is 741 g/mol. The van der Waals surface area contributed by atoms with Crippen molar-refractivity contribution < 1.29 is 14.2 Å². The van der Waals surface area contributed by atoms with Crippen LogP contribution in [-0.4, -0.2) is 20.3 Å². The van der Waals surface area contributed by atoms with Crippen LogP contribution in [0.1, 0.15) is 95.8 Å². The van der Waals surface area contributed by atoms with Gasteiger partial charge in [0, 0.05) is 11.1 Å². The fraction of sp³-hybridized carbons (Fsp3) is 0.360. The van der Waals surface area contributed by atoms with E-state index in [-0.39, 0.29) is 0 Å². The molecule has 0 spiro atoms. The van der Waals surface area contributed by atoms with Crippen LogP contribution in [-0.2, 0) is 6.16 Å². The molecule has 2 atom stereocenters. The summed E-state index contributed by atoms with van der Waals surface area (Å²) >= 11 is 0. The van der Waals surface area contributed by atoms with Crippen molar-refractivity contribution in [3.63, 3.8) is 0 Å². The SMILES string of the molecule is CCCCC(CC)COc1cc(C[P+](c2ccccc2)(c2ccccc2)c2ccccc2)c(OCC(CC)CCCC)cc1/C=C/c1ccc(OC)cc1. The van der Waals surface area contributed by atoms with Crippen molar-refractivity contribution in [2.24, 2.45) is 11.8 Å². The van der Waals surface area contributed by atoms with Crippen molar-refractivity contribution in [2.75, 3.05) is 20.3 Å². The van der Waals surface area contributed by atoms with Crippen molar-refractivity contribution in [3.8, 4) is 17.2 Å². The zero-order valence-corrected chi connectivity index (χ0v) is 34.3. The number of rotatable bonds is 22. The maximum absolute atomic E-state index is 7.03. The van der Waals surface area contributed by atoms with Crippen LogP contribution < -0.4 is 30.1 Å². The largest absolute Gasteiger partial charge is 0.497 e. The van der Waals surface area contributed by atoms with Gasteiger partial charge in [-0.2, -0.15) is 0 Å². The number of ether oxygens (including phenoxy) is 3. The lowest BCUT2D eigenvalue weighted by atomic mass is 10.00. The van der Waals surface area contributed by atoms with Crippen LogP contribution >= 0.6 is 7.26 Å². The summed E-state index contributed by atoms with van der Waals surface area (Å²) in [4.78, 5) is 0. The van der Waals surface area contributed by atoms with Gasteiger partial charge in [0.1, 0.15) is 46.6 Å². The smallest absolute Gasteiger partial charge is 0.127 e. The molecule has 0 aliphatic rings. The predicted molar refractivity (Wildman–Crippen MR) is 235 cm³/mol. The first-order chi connectivity index (χ1) is 26.5. The van der Waals surface area contributed by atoms with Crippen molar-refractivity contribution in [2.45, 2.75) is 85.2 Å². The van der Waals surface area contributed by atoms with E-state index in [9.17, 15) is 0 Å². The fourth-order valence-corrected chi connectivity index (χ4v) is 11.5. The molecule has 0 aliphatic carbocycles. The molecule has 5 aromatic rings. The molecular formula is C50H62O3P+. The van der Waals surface area contributed by atoms with Gasteiger partial charge in [-0.1, -0.05) is 145 Å². The van der Waals surface area contributed by atoms with Crippen LogP contribution in [0, 0.1) is 11.8 Å². The highest BCUT2D eigenvalue weighted by Crippen LogP contribution is 2.59. The Labute approximate surface area is 327 Å². The average Bonchev–Trinajstić information content (AvgIpc) is 3.23. The molecule has 0 fully saturated rings. The average molecular weight is 742 g/mol. The van der Waals surface area contributed by atoms with Gasteiger partial charge in [0.2, 0.25) is 0 Å². The molecule has 54 heavy (non-hydrogen) atoms. The lowest BCUT2D eigenvalue weighted by Gasteiger charge is -2.29. The van der Waals surface area contributed by atoms with E-state index in [0.717, 1.165) is 47.4 Å². The fourth-order valence-electron chi connectivity index (χ4n) is 7.27. The molecule has 284 valence electrons. The molecule has 0 amide bonds. The van der Waals surface area contributed by atoms with E-state index in [2.05, 4.69) is 155 Å². The van der Waals surface area contributed by atoms with Gasteiger partial charge in [-0.25, -0.2) is 0 Å². The number of unbranched alkanes of at least 4 members (excludes halogenated alkanes) is 2. The van der Waals surface area contributed by atoms with Crippen molar-refractivity contribution >= 4 is 35.3 Å². The Morgan fingerprint density at radius 3 is 1.48 bits per heavy atom. The molecule has 5 aromatic carbocycles. The lowest BCUT2D eigenvalue weighted by molar-refractivity contribution is 0.226. The summed E-state index contributed by atoms with van der Waals surface area (Å²) in [6.45, 7) is 10.5. The third kappa shape index (κ3) is 10.9. The second-order valence-corrected chi connectivity index (χ2v) is 18.0. The van der Waals surface area contributed by atoms with Crippen molar-refractivity contribution in [3.05, 3.63) is 144 Å². The molecule has 0 aliphatic heterocycles. The van der Waals surface area contributed by atoms with Crippen LogP contribution in [0.2, 0.25) is 0 Å². The molecule has 0 N–H and O–H groups in total. The molecule has 0 heterocycles. The minimum atomic E-state index is -2.20. The minimum absolute atomic E-state index is 0.507. The molecular weight excluding hydrogens is 680 g/mol. The molecule has 0 aromatic heterocycles. The third-order valence-electron chi connectivity index (χ3n) is 10.8. The van der Waals surface area contributed by atoms with E-state index in [0.29, 0.717) is 25.0 Å². The van der Waals surface area contributed by atoms with Crippen molar-refractivity contribution in [1.29, 1.82) is 0 Å². The Balaban J connectivity index is 1.69. The van der Waals surface area contributed by atoms with Gasteiger partial charge >= 0.3 is 0 Å². The Hall–Kier alpha value is -4.33. The Morgan fingerprint density at radius 1 is 0.556 bits per heavy atom. The summed E-state index contributed by atoms with van der Waals surface area (Å²) in [6.07, 6.45) is 14.6. The molecule has 4 heteroatoms. The Bertz CT molecular complexity index is 1720. The zero-order chi connectivity index (χ0) is 38.0. The van der Waals surface area contributed by atoms with Gasteiger partial charge in [0.05, 0.1) is 20.3 Å². The summed E-state index contributed by atoms with van der Waals surface area (Å²) in [5, 5.41) is 4.08. The second kappa shape index (κ2) is 21.5. The molecule has 2 unspecified atom stereocenters. The van der Waals surface area contributed by atoms with Crippen molar-refractivity contribution in [1.82, 2.24) is 0 Å². The van der Waals surface area contributed by atoms with Crippen LogP contribution in [0.4, 0.5) is 0 Å². The van der Waals surface area contributed by atoms with E-state index in [1.54, 1.807) is 7.11 Å². The Kier molecular flexibility index (Phi) is 16.3. The van der Waals surface area contributed by atoms with E-state index in [1.807, 2.05) is 12.1 Å². The summed E-state index contributed by atoms with van der Waals surface area (Å²) in [5.74, 6) is 3.74. The predicted octanol–water partition coefficient (Wildman–Crippen LogP) is 12.6. The molecule has 5 rings (SSSR count). The normalized spacial score (nSPS) is 12.8. The second-order valence-electron chi connectivity index (χ2n) is 14.5. The quantitative estimate of drug-likeness (QED) is 0.0522. The van der Waals surface area contributed by atoms with Gasteiger partial charge < -0.3 is 14.2 Å². The number of hydrogen-bond acceptors (Lipinski definition) is 3. The number of methoxy groups -OCH3 is 1. The van der Waals surface area contributed by atoms with Gasteiger partial charge in [0.25, 0.3) is 0 Å². The molecule has 0 bridgehead atoms. The molecule has 3 nitrogen and oxygen atoms in total. The maximum atomic E-state index is 7.03. The Morgan fingerprint density at radius 2 is 1.04 bits per heavy atom. The molecule has 0 radical (unpaired) electrons. The number of hydrogen-bond donors (Lipinski definition) is 0. The summed E-state index contributed by atoms with van der Waals surface area (Å²) in [7, 11) is -0.498. The summed E-state index contributed by atoms with van der Waals surface area (Å²) < 4.78 is 19.4. The highest BCUT2D eigenvalue weighted by molar-refractivity contribution is 7.95. The summed E-state index contributed by atoms with van der Waals surface area (Å²) in [6, 6.07) is 46.3. The van der Waals surface area contributed by atoms with Crippen LogP contribution in [0.15, 0.2) is 127 Å². The minimum Gasteiger partial charge on any atom is -0.497 e. The van der Waals surface area contributed by atoms with E-state index < -0.39 is 7.26 Å². The van der Waals surface area contributed by atoms with Gasteiger partial charge in [-0.3, -0.25) is 0 Å². The number of benzene rings is 5. The van der Waals surface area contributed by atoms with Crippen LogP contribution in [0.25, 0.3) is 12.2 Å². The van der Waals surface area contributed by atoms with Crippen LogP contribution in [0.5, 0.6) is 17.2 Å². The van der Waals surface area contributed by atoms with Gasteiger partial charge in [0.15, 0.2) is 0 Å². The topological polar surface area (TPSA) is 27.7 Å².